The minimum absolute atomic E-state index is 0.0587. The molecule has 0 radical (unpaired) electrons. The topological polar surface area (TPSA) is 35.2 Å². The van der Waals surface area contributed by atoms with Crippen LogP contribution in [0.2, 0.25) is 0 Å². The zero-order chi connectivity index (χ0) is 14.8. The average Bonchev–Trinajstić information content (AvgIpc) is 2.37. The van der Waals surface area contributed by atoms with Crippen molar-refractivity contribution in [2.75, 3.05) is 5.73 Å². The van der Waals surface area contributed by atoms with E-state index in [1.807, 2.05) is 0 Å². The van der Waals surface area contributed by atoms with Crippen LogP contribution in [-0.2, 0) is 12.8 Å². The third kappa shape index (κ3) is 3.40. The Morgan fingerprint density at radius 3 is 2.45 bits per heavy atom. The molecule has 0 aliphatic carbocycles. The molecule has 0 fully saturated rings. The fraction of sp³-hybridized carbons (Fsp3) is 0.143. The number of benzene rings is 2. The Bertz CT molecular complexity index is 610. The van der Waals surface area contributed by atoms with Crippen molar-refractivity contribution in [3.8, 4) is 5.75 Å². The highest BCUT2D eigenvalue weighted by Gasteiger charge is 2.30. The monoisotopic (exact) mass is 285 g/mol. The summed E-state index contributed by atoms with van der Waals surface area (Å²) in [5, 5.41) is 0. The highest BCUT2D eigenvalue weighted by molar-refractivity contribution is 5.42. The van der Waals surface area contributed by atoms with Crippen molar-refractivity contribution in [2.45, 2.75) is 12.8 Å². The molecule has 0 heterocycles. The first-order valence-electron chi connectivity index (χ1n) is 5.70. The van der Waals surface area contributed by atoms with Crippen LogP contribution < -0.4 is 10.5 Å². The molecule has 6 heteroatoms. The number of nitrogens with two attached hydrogens (primary N) is 1. The van der Waals surface area contributed by atoms with Crippen molar-refractivity contribution in [3.63, 3.8) is 0 Å². The van der Waals surface area contributed by atoms with E-state index in [4.69, 9.17) is 10.5 Å². The lowest BCUT2D eigenvalue weighted by atomic mass is 10.1. The van der Waals surface area contributed by atoms with Crippen LogP contribution in [0.5, 0.6) is 5.75 Å². The molecule has 0 spiro atoms. The van der Waals surface area contributed by atoms with E-state index in [0.717, 1.165) is 18.2 Å². The molecule has 0 atom stereocenters. The summed E-state index contributed by atoms with van der Waals surface area (Å²) in [6.07, 6.45) is -4.41. The number of hydrogen-bond acceptors (Lipinski definition) is 2. The number of ether oxygens (including phenoxy) is 1. The maximum Gasteiger partial charge on any atom is 0.416 e. The van der Waals surface area contributed by atoms with Gasteiger partial charge in [-0.3, -0.25) is 0 Å². The van der Waals surface area contributed by atoms with Crippen LogP contribution in [0.1, 0.15) is 11.1 Å². The summed E-state index contributed by atoms with van der Waals surface area (Å²) in [7, 11) is 0. The van der Waals surface area contributed by atoms with Crippen LogP contribution in [0.4, 0.5) is 23.2 Å². The third-order valence-electron chi connectivity index (χ3n) is 2.60. The largest absolute Gasteiger partial charge is 0.486 e. The standard InChI is InChI=1S/C14H11F4NO/c15-12-7-11(19)4-5-13(12)20-8-9-2-1-3-10(6-9)14(16,17)18/h1-7H,8,19H2. The molecule has 106 valence electrons. The van der Waals surface area contributed by atoms with E-state index < -0.39 is 17.6 Å². The van der Waals surface area contributed by atoms with Gasteiger partial charge in [0.05, 0.1) is 5.56 Å². The number of alkyl halides is 3. The Kier molecular flexibility index (Phi) is 3.83. The summed E-state index contributed by atoms with van der Waals surface area (Å²) in [6.45, 7) is -0.162. The van der Waals surface area contributed by atoms with Crippen LogP contribution in [0.3, 0.4) is 0 Å². The molecule has 0 saturated heterocycles. The second kappa shape index (κ2) is 5.40. The van der Waals surface area contributed by atoms with E-state index in [-0.39, 0.29) is 18.0 Å². The Balaban J connectivity index is 2.11. The summed E-state index contributed by atoms with van der Waals surface area (Å²) < 4.78 is 56.2. The Morgan fingerprint density at radius 1 is 1.05 bits per heavy atom. The summed E-state index contributed by atoms with van der Waals surface area (Å²) in [6, 6.07) is 8.55. The van der Waals surface area contributed by atoms with E-state index in [1.54, 1.807) is 0 Å². The summed E-state index contributed by atoms with van der Waals surface area (Å²) in [5.74, 6) is -0.714. The molecule has 20 heavy (non-hydrogen) atoms. The van der Waals surface area contributed by atoms with Crippen molar-refractivity contribution < 1.29 is 22.3 Å². The number of halogens is 4. The summed E-state index contributed by atoms with van der Waals surface area (Å²) >= 11 is 0. The molecule has 0 saturated carbocycles. The van der Waals surface area contributed by atoms with Crippen molar-refractivity contribution in [1.29, 1.82) is 0 Å². The molecule has 2 aromatic rings. The highest BCUT2D eigenvalue weighted by atomic mass is 19.4. The number of hydrogen-bond donors (Lipinski definition) is 1. The van der Waals surface area contributed by atoms with E-state index in [9.17, 15) is 17.6 Å². The van der Waals surface area contributed by atoms with E-state index in [0.29, 0.717) is 5.56 Å². The van der Waals surface area contributed by atoms with Crippen LogP contribution in [0, 0.1) is 5.82 Å². The van der Waals surface area contributed by atoms with Gasteiger partial charge in [0.1, 0.15) is 6.61 Å². The van der Waals surface area contributed by atoms with Gasteiger partial charge in [-0.2, -0.15) is 13.2 Å². The van der Waals surface area contributed by atoms with Crippen LogP contribution >= 0.6 is 0 Å². The molecular weight excluding hydrogens is 274 g/mol. The second-order valence-electron chi connectivity index (χ2n) is 4.18. The lowest BCUT2D eigenvalue weighted by molar-refractivity contribution is -0.137. The zero-order valence-electron chi connectivity index (χ0n) is 10.2. The van der Waals surface area contributed by atoms with Gasteiger partial charge in [-0.25, -0.2) is 4.39 Å². The predicted molar refractivity (Wildman–Crippen MR) is 66.6 cm³/mol. The average molecular weight is 285 g/mol. The van der Waals surface area contributed by atoms with Gasteiger partial charge in [0.25, 0.3) is 0 Å². The molecule has 0 amide bonds. The first-order valence-corrected chi connectivity index (χ1v) is 5.70. The van der Waals surface area contributed by atoms with Gasteiger partial charge in [-0.15, -0.1) is 0 Å². The SMILES string of the molecule is Nc1ccc(OCc2cccc(C(F)(F)F)c2)c(F)c1. The lowest BCUT2D eigenvalue weighted by Crippen LogP contribution is -2.06. The number of rotatable bonds is 3. The molecule has 0 aliphatic rings. The molecule has 0 aromatic heterocycles. The maximum atomic E-state index is 13.4. The first kappa shape index (κ1) is 14.2. The minimum Gasteiger partial charge on any atom is -0.486 e. The molecule has 2 N–H and O–H groups in total. The molecule has 2 rings (SSSR count). The van der Waals surface area contributed by atoms with Gasteiger partial charge in [0.2, 0.25) is 0 Å². The normalized spacial score (nSPS) is 11.4. The van der Waals surface area contributed by atoms with Crippen LogP contribution in [0.15, 0.2) is 42.5 Å². The summed E-state index contributed by atoms with van der Waals surface area (Å²) in [5.41, 5.74) is 5.16. The van der Waals surface area contributed by atoms with Crippen molar-refractivity contribution in [1.82, 2.24) is 0 Å². The smallest absolute Gasteiger partial charge is 0.416 e. The van der Waals surface area contributed by atoms with Gasteiger partial charge in [0, 0.05) is 11.8 Å². The predicted octanol–water partition coefficient (Wildman–Crippen LogP) is 4.01. The Labute approximate surface area is 112 Å². The van der Waals surface area contributed by atoms with Crippen LogP contribution in [0.25, 0.3) is 0 Å². The quantitative estimate of drug-likeness (QED) is 0.683. The van der Waals surface area contributed by atoms with Gasteiger partial charge >= 0.3 is 6.18 Å². The number of anilines is 1. The van der Waals surface area contributed by atoms with E-state index in [1.165, 1.54) is 24.3 Å². The van der Waals surface area contributed by atoms with Crippen LogP contribution in [-0.4, -0.2) is 0 Å². The minimum atomic E-state index is -4.41. The number of nitrogen functional groups attached to an aromatic ring is 1. The third-order valence-corrected chi connectivity index (χ3v) is 2.60. The molecule has 2 aromatic carbocycles. The molecular formula is C14H11F4NO. The Morgan fingerprint density at radius 2 is 1.80 bits per heavy atom. The molecule has 0 aliphatic heterocycles. The van der Waals surface area contributed by atoms with Crippen molar-refractivity contribution in [2.24, 2.45) is 0 Å². The van der Waals surface area contributed by atoms with E-state index in [2.05, 4.69) is 0 Å². The first-order chi connectivity index (χ1) is 9.36. The van der Waals surface area contributed by atoms with Crippen molar-refractivity contribution in [3.05, 3.63) is 59.4 Å². The molecule has 0 bridgehead atoms. The van der Waals surface area contributed by atoms with Gasteiger partial charge < -0.3 is 10.5 Å². The lowest BCUT2D eigenvalue weighted by Gasteiger charge is -2.10. The zero-order valence-corrected chi connectivity index (χ0v) is 10.2. The van der Waals surface area contributed by atoms with Gasteiger partial charge in [0.15, 0.2) is 11.6 Å². The molecule has 2 nitrogen and oxygen atoms in total. The molecule has 0 unspecified atom stereocenters. The van der Waals surface area contributed by atoms with Gasteiger partial charge in [-0.1, -0.05) is 12.1 Å². The van der Waals surface area contributed by atoms with Gasteiger partial charge in [-0.05, 0) is 29.8 Å². The fourth-order valence-corrected chi connectivity index (χ4v) is 1.63. The Hall–Kier alpha value is -2.24. The van der Waals surface area contributed by atoms with Crippen molar-refractivity contribution >= 4 is 5.69 Å². The highest BCUT2D eigenvalue weighted by Crippen LogP contribution is 2.30. The second-order valence-corrected chi connectivity index (χ2v) is 4.18. The maximum absolute atomic E-state index is 13.4. The fourth-order valence-electron chi connectivity index (χ4n) is 1.63. The summed E-state index contributed by atoms with van der Waals surface area (Å²) in [4.78, 5) is 0. The van der Waals surface area contributed by atoms with E-state index >= 15 is 0 Å².